The van der Waals surface area contributed by atoms with Crippen molar-refractivity contribution in [2.75, 3.05) is 19.7 Å². The number of piperidine rings is 1. The number of nitrogens with zero attached hydrogens (tertiary/aromatic N) is 6. The summed E-state index contributed by atoms with van der Waals surface area (Å²) in [7, 11) is 0. The highest BCUT2D eigenvalue weighted by Gasteiger charge is 2.37. The quantitative estimate of drug-likeness (QED) is 0.515. The molecule has 0 spiro atoms. The SMILES string of the molecule is CCOc1ccc(-n2nnnc2S[C@@H](C)C(=O)N2C[C@@H]3C[C@@H](C2)c2cccc(=O)n2C3)cc1. The minimum Gasteiger partial charge on any atom is -0.494 e. The van der Waals surface area contributed by atoms with Crippen molar-refractivity contribution in [2.24, 2.45) is 5.92 Å². The molecule has 2 aromatic heterocycles. The second-order valence-corrected chi connectivity index (χ2v) is 9.81. The number of fused-ring (bicyclic) bond motifs is 4. The van der Waals surface area contributed by atoms with Crippen LogP contribution in [0.2, 0.25) is 0 Å². The number of aromatic nitrogens is 5. The zero-order chi connectivity index (χ0) is 22.9. The summed E-state index contributed by atoms with van der Waals surface area (Å²) >= 11 is 1.35. The number of carbonyl (C=O) groups is 1. The molecule has 2 aliphatic heterocycles. The molecule has 3 aromatic rings. The topological polar surface area (TPSA) is 95.1 Å². The number of carbonyl (C=O) groups excluding carboxylic acids is 1. The summed E-state index contributed by atoms with van der Waals surface area (Å²) in [4.78, 5) is 27.5. The molecule has 4 heterocycles. The lowest BCUT2D eigenvalue weighted by atomic mass is 9.83. The Balaban J connectivity index is 1.29. The van der Waals surface area contributed by atoms with Crippen LogP contribution in [-0.2, 0) is 11.3 Å². The summed E-state index contributed by atoms with van der Waals surface area (Å²) in [5, 5.41) is 12.3. The number of thioether (sulfide) groups is 1. The van der Waals surface area contributed by atoms with Gasteiger partial charge in [-0.15, -0.1) is 5.10 Å². The zero-order valence-electron chi connectivity index (χ0n) is 18.6. The number of pyridine rings is 1. The van der Waals surface area contributed by atoms with Crippen LogP contribution in [0.3, 0.4) is 0 Å². The van der Waals surface area contributed by atoms with Crippen LogP contribution in [0, 0.1) is 5.92 Å². The smallest absolute Gasteiger partial charge is 0.250 e. The predicted octanol–water partition coefficient (Wildman–Crippen LogP) is 2.35. The van der Waals surface area contributed by atoms with E-state index in [4.69, 9.17) is 4.74 Å². The molecule has 2 bridgehead atoms. The monoisotopic (exact) mass is 466 g/mol. The van der Waals surface area contributed by atoms with E-state index in [2.05, 4.69) is 15.5 Å². The van der Waals surface area contributed by atoms with Gasteiger partial charge in [0.25, 0.3) is 5.56 Å². The Morgan fingerprint density at radius 1 is 1.18 bits per heavy atom. The van der Waals surface area contributed by atoms with Crippen LogP contribution in [0.5, 0.6) is 5.75 Å². The van der Waals surface area contributed by atoms with Gasteiger partial charge in [0.2, 0.25) is 11.1 Å². The molecule has 1 amide bonds. The molecule has 0 saturated carbocycles. The summed E-state index contributed by atoms with van der Waals surface area (Å²) in [5.41, 5.74) is 1.89. The van der Waals surface area contributed by atoms with E-state index in [1.54, 1.807) is 10.7 Å². The third-order valence-corrected chi connectivity index (χ3v) is 7.28. The molecule has 0 radical (unpaired) electrons. The molecule has 3 atom stereocenters. The molecule has 10 heteroatoms. The number of amides is 1. The molecule has 2 aliphatic rings. The maximum Gasteiger partial charge on any atom is 0.250 e. The van der Waals surface area contributed by atoms with Gasteiger partial charge in [0.1, 0.15) is 5.75 Å². The molecule has 0 aliphatic carbocycles. The highest BCUT2D eigenvalue weighted by molar-refractivity contribution is 8.00. The third-order valence-electron chi connectivity index (χ3n) is 6.25. The maximum atomic E-state index is 13.3. The summed E-state index contributed by atoms with van der Waals surface area (Å²) in [6.07, 6.45) is 1.02. The molecule has 0 N–H and O–H groups in total. The maximum absolute atomic E-state index is 13.3. The fourth-order valence-electron chi connectivity index (χ4n) is 4.81. The van der Waals surface area contributed by atoms with E-state index in [9.17, 15) is 9.59 Å². The largest absolute Gasteiger partial charge is 0.494 e. The van der Waals surface area contributed by atoms with E-state index < -0.39 is 0 Å². The molecular formula is C23H26N6O3S. The van der Waals surface area contributed by atoms with Crippen LogP contribution in [0.1, 0.15) is 31.9 Å². The third kappa shape index (κ3) is 4.27. The normalized spacial score (nSPS) is 20.2. The van der Waals surface area contributed by atoms with Crippen LogP contribution < -0.4 is 10.3 Å². The van der Waals surface area contributed by atoms with Crippen molar-refractivity contribution in [3.05, 3.63) is 58.5 Å². The van der Waals surface area contributed by atoms with Gasteiger partial charge in [0, 0.05) is 37.3 Å². The highest BCUT2D eigenvalue weighted by atomic mass is 32.2. The van der Waals surface area contributed by atoms with Gasteiger partial charge in [-0.05, 0) is 66.9 Å². The fraction of sp³-hybridized carbons (Fsp3) is 0.435. The first-order valence-corrected chi connectivity index (χ1v) is 12.1. The Labute approximate surface area is 195 Å². The fourth-order valence-corrected chi connectivity index (χ4v) is 5.70. The number of hydrogen-bond acceptors (Lipinski definition) is 7. The van der Waals surface area contributed by atoms with Crippen LogP contribution >= 0.6 is 11.8 Å². The highest BCUT2D eigenvalue weighted by Crippen LogP contribution is 2.36. The number of tetrazole rings is 1. The minimum atomic E-state index is -0.339. The lowest BCUT2D eigenvalue weighted by molar-refractivity contribution is -0.133. The molecule has 1 fully saturated rings. The summed E-state index contributed by atoms with van der Waals surface area (Å²) < 4.78 is 9.01. The molecule has 172 valence electrons. The lowest BCUT2D eigenvalue weighted by Crippen LogP contribution is -2.50. The molecule has 33 heavy (non-hydrogen) atoms. The molecular weight excluding hydrogens is 440 g/mol. The van der Waals surface area contributed by atoms with Crippen molar-refractivity contribution >= 4 is 17.7 Å². The average molecular weight is 467 g/mol. The molecule has 0 unspecified atom stereocenters. The van der Waals surface area contributed by atoms with Crippen LogP contribution in [0.15, 0.2) is 52.4 Å². The van der Waals surface area contributed by atoms with Crippen LogP contribution in [0.25, 0.3) is 5.69 Å². The lowest BCUT2D eigenvalue weighted by Gasteiger charge is -2.43. The Kier molecular flexibility index (Phi) is 5.92. The van der Waals surface area contributed by atoms with Gasteiger partial charge < -0.3 is 14.2 Å². The second-order valence-electron chi connectivity index (χ2n) is 8.50. The number of benzene rings is 1. The molecule has 9 nitrogen and oxygen atoms in total. The Morgan fingerprint density at radius 2 is 2.00 bits per heavy atom. The minimum absolute atomic E-state index is 0.0482. The Hall–Kier alpha value is -3.14. The van der Waals surface area contributed by atoms with Crippen molar-refractivity contribution in [3.63, 3.8) is 0 Å². The Bertz CT molecular complexity index is 1210. The van der Waals surface area contributed by atoms with Gasteiger partial charge in [0.15, 0.2) is 0 Å². The van der Waals surface area contributed by atoms with E-state index in [-0.39, 0.29) is 22.6 Å². The van der Waals surface area contributed by atoms with Crippen molar-refractivity contribution in [1.29, 1.82) is 0 Å². The van der Waals surface area contributed by atoms with Crippen molar-refractivity contribution in [1.82, 2.24) is 29.7 Å². The van der Waals surface area contributed by atoms with Gasteiger partial charge in [-0.2, -0.15) is 4.68 Å². The second kappa shape index (κ2) is 9.01. The van der Waals surface area contributed by atoms with Crippen LogP contribution in [-0.4, -0.2) is 60.5 Å². The van der Waals surface area contributed by atoms with Crippen molar-refractivity contribution in [2.45, 2.75) is 43.1 Å². The zero-order valence-corrected chi connectivity index (χ0v) is 19.4. The van der Waals surface area contributed by atoms with E-state index >= 15 is 0 Å². The van der Waals surface area contributed by atoms with Crippen LogP contribution in [0.4, 0.5) is 0 Å². The number of hydrogen-bond donors (Lipinski definition) is 0. The molecule has 1 aromatic carbocycles. The first-order valence-electron chi connectivity index (χ1n) is 11.2. The van der Waals surface area contributed by atoms with E-state index in [0.717, 1.165) is 23.6 Å². The van der Waals surface area contributed by atoms with E-state index in [0.29, 0.717) is 37.3 Å². The van der Waals surface area contributed by atoms with Gasteiger partial charge in [-0.3, -0.25) is 9.59 Å². The molecule has 5 rings (SSSR count). The summed E-state index contributed by atoms with van der Waals surface area (Å²) in [6, 6.07) is 13.0. The van der Waals surface area contributed by atoms with Crippen molar-refractivity contribution in [3.8, 4) is 11.4 Å². The average Bonchev–Trinajstić information content (AvgIpc) is 3.28. The van der Waals surface area contributed by atoms with Gasteiger partial charge in [0.05, 0.1) is 17.5 Å². The van der Waals surface area contributed by atoms with Gasteiger partial charge >= 0.3 is 0 Å². The van der Waals surface area contributed by atoms with E-state index in [1.165, 1.54) is 11.8 Å². The summed E-state index contributed by atoms with van der Waals surface area (Å²) in [5.74, 6) is 1.35. The van der Waals surface area contributed by atoms with Gasteiger partial charge in [-0.25, -0.2) is 0 Å². The number of likely N-dealkylation sites (tertiary alicyclic amines) is 1. The standard InChI is InChI=1S/C23H26N6O3S/c1-3-32-19-9-7-18(8-10-19)29-23(24-25-26-29)33-15(2)22(31)27-12-16-11-17(14-27)20-5-4-6-21(30)28(20)13-16/h4-10,15-17H,3,11-14H2,1-2H3/t15-,16-,17-/m0/s1. The Morgan fingerprint density at radius 3 is 2.79 bits per heavy atom. The molecule has 1 saturated heterocycles. The predicted molar refractivity (Wildman–Crippen MR) is 124 cm³/mol. The van der Waals surface area contributed by atoms with Gasteiger partial charge in [-0.1, -0.05) is 17.8 Å². The van der Waals surface area contributed by atoms with Crippen molar-refractivity contribution < 1.29 is 9.53 Å². The van der Waals surface area contributed by atoms with E-state index in [1.807, 2.05) is 59.7 Å². The number of rotatable bonds is 6. The summed E-state index contributed by atoms with van der Waals surface area (Å²) in [6.45, 7) is 6.42. The number of ether oxygens (including phenoxy) is 1. The first-order chi connectivity index (χ1) is 16.0. The first kappa shape index (κ1) is 21.7.